The molecule has 5 rings (SSSR count). The highest BCUT2D eigenvalue weighted by atomic mass is 35.5. The molecule has 3 heterocycles. The summed E-state index contributed by atoms with van der Waals surface area (Å²) in [5.74, 6) is 1.15. The second-order valence-corrected chi connectivity index (χ2v) is 8.02. The third-order valence-electron chi connectivity index (χ3n) is 6.17. The van der Waals surface area contributed by atoms with Crippen LogP contribution >= 0.6 is 11.6 Å². The van der Waals surface area contributed by atoms with Crippen molar-refractivity contribution in [1.29, 1.82) is 0 Å². The molecule has 0 bridgehead atoms. The van der Waals surface area contributed by atoms with Crippen molar-refractivity contribution in [3.05, 3.63) is 40.5 Å². The number of anilines is 2. The van der Waals surface area contributed by atoms with E-state index < -0.39 is 0 Å². The van der Waals surface area contributed by atoms with Gasteiger partial charge in [-0.05, 0) is 37.0 Å². The second kappa shape index (κ2) is 6.46. The molecule has 5 nitrogen and oxygen atoms in total. The molecule has 2 aliphatic heterocycles. The van der Waals surface area contributed by atoms with Crippen LogP contribution in [0.1, 0.15) is 36.9 Å². The molecule has 0 radical (unpaired) electrons. The van der Waals surface area contributed by atoms with Gasteiger partial charge in [0.2, 0.25) is 0 Å². The number of nitrogens with one attached hydrogen (secondary N) is 1. The van der Waals surface area contributed by atoms with Gasteiger partial charge in [0.05, 0.1) is 18.9 Å². The first-order chi connectivity index (χ1) is 12.8. The monoisotopic (exact) mass is 372 g/mol. The molecular formula is C20H25ClN4O. The van der Waals surface area contributed by atoms with Gasteiger partial charge in [0, 0.05) is 48.4 Å². The molecule has 1 saturated carbocycles. The summed E-state index contributed by atoms with van der Waals surface area (Å²) in [6, 6.07) is 8.83. The molecule has 0 unspecified atom stereocenters. The van der Waals surface area contributed by atoms with Gasteiger partial charge in [0.15, 0.2) is 0 Å². The second-order valence-electron chi connectivity index (χ2n) is 7.62. The van der Waals surface area contributed by atoms with Crippen LogP contribution < -0.4 is 10.2 Å². The maximum absolute atomic E-state index is 6.81. The van der Waals surface area contributed by atoms with Crippen molar-refractivity contribution in [3.8, 4) is 0 Å². The summed E-state index contributed by atoms with van der Waals surface area (Å²) in [6.07, 6.45) is 4.62. The number of aromatic nitrogens is 2. The molecule has 6 heteroatoms. The van der Waals surface area contributed by atoms with Crippen molar-refractivity contribution >= 4 is 23.1 Å². The standard InChI is InChI=1S/C20H25ClN4O/c21-17-13-15(24-9-11-26-12-10-24)3-4-16(17)20(5-1-6-20)18-14-19-22-7-2-8-25(19)23-18/h3-4,13-14,22H,1-2,5-12H2. The molecule has 2 aromatic rings. The number of halogens is 1. The fourth-order valence-corrected chi connectivity index (χ4v) is 4.87. The average molecular weight is 373 g/mol. The predicted molar refractivity (Wildman–Crippen MR) is 104 cm³/mol. The van der Waals surface area contributed by atoms with Gasteiger partial charge < -0.3 is 15.0 Å². The third-order valence-corrected chi connectivity index (χ3v) is 6.49. The Labute approximate surface area is 159 Å². The molecular weight excluding hydrogens is 348 g/mol. The number of fused-ring (bicyclic) bond motifs is 1. The lowest BCUT2D eigenvalue weighted by Crippen LogP contribution is -2.37. The Morgan fingerprint density at radius 2 is 1.92 bits per heavy atom. The smallest absolute Gasteiger partial charge is 0.124 e. The highest BCUT2D eigenvalue weighted by molar-refractivity contribution is 6.31. The summed E-state index contributed by atoms with van der Waals surface area (Å²) in [7, 11) is 0. The van der Waals surface area contributed by atoms with E-state index in [0.717, 1.165) is 69.5 Å². The SMILES string of the molecule is Clc1cc(N2CCOCC2)ccc1C1(c2cc3n(n2)CCCN3)CCC1. The number of hydrogen-bond donors (Lipinski definition) is 1. The van der Waals surface area contributed by atoms with Gasteiger partial charge in [-0.2, -0.15) is 5.10 Å². The van der Waals surface area contributed by atoms with Crippen molar-refractivity contribution in [2.24, 2.45) is 0 Å². The molecule has 3 aliphatic rings. The predicted octanol–water partition coefficient (Wildman–Crippen LogP) is 3.66. The molecule has 0 amide bonds. The van der Waals surface area contributed by atoms with Gasteiger partial charge in [-0.3, -0.25) is 0 Å². The molecule has 1 aromatic heterocycles. The zero-order valence-corrected chi connectivity index (χ0v) is 15.8. The molecule has 2 fully saturated rings. The zero-order chi connectivity index (χ0) is 17.6. The minimum atomic E-state index is -0.0212. The summed E-state index contributed by atoms with van der Waals surface area (Å²) in [5.41, 5.74) is 3.58. The van der Waals surface area contributed by atoms with Crippen LogP contribution in [0.25, 0.3) is 0 Å². The third kappa shape index (κ3) is 2.60. The number of nitrogens with zero attached hydrogens (tertiary/aromatic N) is 3. The van der Waals surface area contributed by atoms with E-state index in [-0.39, 0.29) is 5.41 Å². The summed E-state index contributed by atoms with van der Waals surface area (Å²) >= 11 is 6.81. The van der Waals surface area contributed by atoms with Gasteiger partial charge in [-0.25, -0.2) is 4.68 Å². The molecule has 26 heavy (non-hydrogen) atoms. The topological polar surface area (TPSA) is 42.3 Å². The highest BCUT2D eigenvalue weighted by Gasteiger charge is 2.44. The number of morpholine rings is 1. The highest BCUT2D eigenvalue weighted by Crippen LogP contribution is 2.51. The molecule has 0 spiro atoms. The molecule has 1 N–H and O–H groups in total. The first-order valence-electron chi connectivity index (χ1n) is 9.71. The van der Waals surface area contributed by atoms with Crippen molar-refractivity contribution in [2.75, 3.05) is 43.1 Å². The summed E-state index contributed by atoms with van der Waals surface area (Å²) in [6.45, 7) is 5.47. The molecule has 0 atom stereocenters. The van der Waals surface area contributed by atoms with E-state index in [4.69, 9.17) is 21.4 Å². The minimum absolute atomic E-state index is 0.0212. The lowest BCUT2D eigenvalue weighted by atomic mass is 9.62. The van der Waals surface area contributed by atoms with E-state index in [2.05, 4.69) is 39.2 Å². The Morgan fingerprint density at radius 1 is 1.08 bits per heavy atom. The lowest BCUT2D eigenvalue weighted by molar-refractivity contribution is 0.122. The quantitative estimate of drug-likeness (QED) is 0.892. The van der Waals surface area contributed by atoms with Crippen molar-refractivity contribution < 1.29 is 4.74 Å². The summed E-state index contributed by atoms with van der Waals surface area (Å²) < 4.78 is 7.58. The van der Waals surface area contributed by atoms with Gasteiger partial charge in [0.25, 0.3) is 0 Å². The Bertz CT molecular complexity index is 785. The van der Waals surface area contributed by atoms with Crippen LogP contribution in [0.15, 0.2) is 24.3 Å². The minimum Gasteiger partial charge on any atom is -0.378 e. The van der Waals surface area contributed by atoms with E-state index in [1.165, 1.54) is 23.4 Å². The van der Waals surface area contributed by atoms with Crippen LogP contribution in [0.5, 0.6) is 0 Å². The van der Waals surface area contributed by atoms with E-state index >= 15 is 0 Å². The number of hydrogen-bond acceptors (Lipinski definition) is 4. The average Bonchev–Trinajstić information content (AvgIpc) is 3.07. The number of rotatable bonds is 3. The van der Waals surface area contributed by atoms with E-state index in [0.29, 0.717) is 0 Å². The summed E-state index contributed by atoms with van der Waals surface area (Å²) in [4.78, 5) is 2.35. The van der Waals surface area contributed by atoms with Crippen LogP contribution in [0, 0.1) is 0 Å². The van der Waals surface area contributed by atoms with Gasteiger partial charge >= 0.3 is 0 Å². The maximum atomic E-state index is 6.81. The lowest BCUT2D eigenvalue weighted by Gasteiger charge is -2.42. The fraction of sp³-hybridized carbons (Fsp3) is 0.550. The Hall–Kier alpha value is -1.72. The number of ether oxygens (including phenoxy) is 1. The van der Waals surface area contributed by atoms with Crippen LogP contribution in [-0.2, 0) is 16.7 Å². The van der Waals surface area contributed by atoms with Crippen molar-refractivity contribution in [1.82, 2.24) is 9.78 Å². The molecule has 1 saturated heterocycles. The largest absolute Gasteiger partial charge is 0.378 e. The molecule has 1 aromatic carbocycles. The van der Waals surface area contributed by atoms with E-state index in [1.54, 1.807) is 0 Å². The molecule has 1 aliphatic carbocycles. The van der Waals surface area contributed by atoms with Crippen molar-refractivity contribution in [2.45, 2.75) is 37.6 Å². The maximum Gasteiger partial charge on any atom is 0.124 e. The van der Waals surface area contributed by atoms with Gasteiger partial charge in [0.1, 0.15) is 5.82 Å². The first kappa shape index (κ1) is 16.5. The summed E-state index contributed by atoms with van der Waals surface area (Å²) in [5, 5.41) is 9.28. The van der Waals surface area contributed by atoms with Crippen LogP contribution in [0.2, 0.25) is 5.02 Å². The normalized spacial score (nSPS) is 21.7. The number of benzene rings is 1. The zero-order valence-electron chi connectivity index (χ0n) is 15.0. The number of aryl methyl sites for hydroxylation is 1. The Morgan fingerprint density at radius 3 is 2.62 bits per heavy atom. The van der Waals surface area contributed by atoms with Crippen LogP contribution in [0.4, 0.5) is 11.5 Å². The van der Waals surface area contributed by atoms with Crippen molar-refractivity contribution in [3.63, 3.8) is 0 Å². The Kier molecular flexibility index (Phi) is 4.09. The Balaban J connectivity index is 1.49. The van der Waals surface area contributed by atoms with Gasteiger partial charge in [-0.1, -0.05) is 24.1 Å². The van der Waals surface area contributed by atoms with E-state index in [1.807, 2.05) is 0 Å². The molecule has 138 valence electrons. The van der Waals surface area contributed by atoms with Crippen LogP contribution in [0.3, 0.4) is 0 Å². The van der Waals surface area contributed by atoms with Gasteiger partial charge in [-0.15, -0.1) is 0 Å². The van der Waals surface area contributed by atoms with E-state index in [9.17, 15) is 0 Å². The van der Waals surface area contributed by atoms with Crippen LogP contribution in [-0.4, -0.2) is 42.6 Å². The fourth-order valence-electron chi connectivity index (χ4n) is 4.51. The first-order valence-corrected chi connectivity index (χ1v) is 10.1.